The molecule has 0 aliphatic rings. The molecule has 0 bridgehead atoms. The number of hydrogen-bond acceptors (Lipinski definition) is 0. The van der Waals surface area contributed by atoms with Crippen molar-refractivity contribution in [2.45, 2.75) is 0 Å². The van der Waals surface area contributed by atoms with Crippen LogP contribution in [-0.2, 0) is 0 Å². The SMILES string of the molecule is Br.BrB(Br)Br. The Morgan fingerprint density at radius 2 is 1.00 bits per heavy atom. The minimum Gasteiger partial charge on any atom is -0.123 e. The summed E-state index contributed by atoms with van der Waals surface area (Å²) in [6.07, 6.45) is 0. The van der Waals surface area contributed by atoms with Gasteiger partial charge in [-0.05, 0) is 0 Å². The van der Waals surface area contributed by atoms with Crippen LogP contribution >= 0.6 is 64.3 Å². The molecule has 0 aliphatic heterocycles. The molecule has 0 aromatic carbocycles. The van der Waals surface area contributed by atoms with E-state index in [4.69, 9.17) is 0 Å². The van der Waals surface area contributed by atoms with Gasteiger partial charge in [-0.15, -0.1) is 64.3 Å². The molecule has 5 heavy (non-hydrogen) atoms. The zero-order chi connectivity index (χ0) is 3.58. The minimum atomic E-state index is 0. The van der Waals surface area contributed by atoms with E-state index in [1.165, 1.54) is 0 Å². The number of hydrogen-bond donors (Lipinski definition) is 0. The largest absolute Gasteiger partial charge is 0.369 e. The van der Waals surface area contributed by atoms with Crippen molar-refractivity contribution in [3.8, 4) is 0 Å². The Hall–Kier alpha value is 1.98. The van der Waals surface area contributed by atoms with E-state index in [-0.39, 0.29) is 20.2 Å². The predicted molar refractivity (Wildman–Crippen MR) is 42.9 cm³/mol. The molecule has 0 fully saturated rings. The fraction of sp³-hybridized carbons (Fsp3) is 0. The Kier molecular flexibility index (Phi) is 12.1. The molecular weight excluding hydrogens is 330 g/mol. The summed E-state index contributed by atoms with van der Waals surface area (Å²) >= 11 is 9.31. The zero-order valence-corrected chi connectivity index (χ0v) is 8.59. The van der Waals surface area contributed by atoms with Gasteiger partial charge in [-0.3, -0.25) is 0 Å². The summed E-state index contributed by atoms with van der Waals surface area (Å²) in [5.41, 5.74) is 0. The van der Waals surface area contributed by atoms with E-state index in [0.29, 0.717) is 0 Å². The van der Waals surface area contributed by atoms with Crippen molar-refractivity contribution in [3.05, 3.63) is 0 Å². The van der Waals surface area contributed by atoms with Crippen LogP contribution in [0.25, 0.3) is 0 Å². The third-order valence-corrected chi connectivity index (χ3v) is 0. The van der Waals surface area contributed by atoms with E-state index in [2.05, 4.69) is 47.3 Å². The molecule has 0 unspecified atom stereocenters. The molecule has 0 nitrogen and oxygen atoms in total. The van der Waals surface area contributed by atoms with Gasteiger partial charge in [0.1, 0.15) is 0 Å². The minimum absolute atomic E-state index is 0. The van der Waals surface area contributed by atoms with Crippen LogP contribution in [0.3, 0.4) is 0 Å². The van der Waals surface area contributed by atoms with Crippen LogP contribution in [-0.4, -0.2) is 3.18 Å². The molecule has 0 radical (unpaired) electrons. The lowest BCUT2D eigenvalue weighted by molar-refractivity contribution is 4.99. The Morgan fingerprint density at radius 3 is 1.00 bits per heavy atom. The summed E-state index contributed by atoms with van der Waals surface area (Å²) in [5, 5.41) is 0. The molecule has 0 spiro atoms. The van der Waals surface area contributed by atoms with Crippen molar-refractivity contribution in [1.82, 2.24) is 0 Å². The lowest BCUT2D eigenvalue weighted by Crippen LogP contribution is -1.60. The van der Waals surface area contributed by atoms with Gasteiger partial charge in [0.05, 0.1) is 0 Å². The average molecular weight is 331 g/mol. The first kappa shape index (κ1) is 10.1. The van der Waals surface area contributed by atoms with Gasteiger partial charge in [-0.2, -0.15) is 0 Å². The zero-order valence-electron chi connectivity index (χ0n) is 2.12. The standard InChI is InChI=1S/BBr3.BrH/c2-1(3)4;/h;1H. The van der Waals surface area contributed by atoms with Gasteiger partial charge >= 0.3 is 3.18 Å². The number of halogens is 4. The molecular formula is HBBr4. The van der Waals surface area contributed by atoms with Crippen molar-refractivity contribution in [2.24, 2.45) is 0 Å². The van der Waals surface area contributed by atoms with Crippen molar-refractivity contribution in [3.63, 3.8) is 0 Å². The van der Waals surface area contributed by atoms with Gasteiger partial charge in [0.2, 0.25) is 0 Å². The Balaban J connectivity index is 0. The predicted octanol–water partition coefficient (Wildman–Crippen LogP) is 2.73. The molecule has 0 saturated heterocycles. The van der Waals surface area contributed by atoms with Gasteiger partial charge in [0, 0.05) is 0 Å². The van der Waals surface area contributed by atoms with E-state index < -0.39 is 0 Å². The summed E-state index contributed by atoms with van der Waals surface area (Å²) in [7, 11) is 0. The summed E-state index contributed by atoms with van der Waals surface area (Å²) in [4.78, 5) is 0. The van der Waals surface area contributed by atoms with Crippen molar-refractivity contribution >= 4 is 67.4 Å². The fourth-order valence-corrected chi connectivity index (χ4v) is 0. The molecule has 0 aliphatic carbocycles. The maximum atomic E-state index is 3.10. The molecule has 0 heterocycles. The van der Waals surface area contributed by atoms with E-state index >= 15 is 0 Å². The fourth-order valence-electron chi connectivity index (χ4n) is 0. The second-order valence-corrected chi connectivity index (χ2v) is 6.68. The molecule has 5 heteroatoms. The second kappa shape index (κ2) is 5.98. The Labute approximate surface area is 66.8 Å². The third kappa shape index (κ3) is 24.1. The molecule has 0 saturated carbocycles. The van der Waals surface area contributed by atoms with Crippen molar-refractivity contribution < 1.29 is 0 Å². The molecule has 0 atom stereocenters. The highest BCUT2D eigenvalue weighted by molar-refractivity contribution is 9.69. The topological polar surface area (TPSA) is 0 Å². The van der Waals surface area contributed by atoms with Crippen LogP contribution < -0.4 is 0 Å². The molecule has 32 valence electrons. The smallest absolute Gasteiger partial charge is 0.123 e. The number of rotatable bonds is 0. The van der Waals surface area contributed by atoms with Gasteiger partial charge in [-0.1, -0.05) is 0 Å². The van der Waals surface area contributed by atoms with Gasteiger partial charge in [0.25, 0.3) is 0 Å². The Morgan fingerprint density at radius 1 is 1.00 bits per heavy atom. The van der Waals surface area contributed by atoms with Crippen LogP contribution in [0.2, 0.25) is 0 Å². The van der Waals surface area contributed by atoms with Gasteiger partial charge in [-0.25, -0.2) is 0 Å². The first-order valence-corrected chi connectivity index (χ1v) is 3.40. The highest BCUT2D eigenvalue weighted by atomic mass is 79.9. The first-order chi connectivity index (χ1) is 1.73. The summed E-state index contributed by atoms with van der Waals surface area (Å²) < 4.78 is 0.271. The molecule has 0 aromatic heterocycles. The monoisotopic (exact) mass is 328 g/mol. The van der Waals surface area contributed by atoms with E-state index in [1.807, 2.05) is 0 Å². The van der Waals surface area contributed by atoms with Crippen LogP contribution in [0.15, 0.2) is 0 Å². The summed E-state index contributed by atoms with van der Waals surface area (Å²) in [6.45, 7) is 0. The van der Waals surface area contributed by atoms with Crippen LogP contribution in [0.1, 0.15) is 0 Å². The maximum absolute atomic E-state index is 3.10. The van der Waals surface area contributed by atoms with Gasteiger partial charge in [0.15, 0.2) is 0 Å². The van der Waals surface area contributed by atoms with E-state index in [1.54, 1.807) is 0 Å². The van der Waals surface area contributed by atoms with Crippen molar-refractivity contribution in [2.75, 3.05) is 0 Å². The van der Waals surface area contributed by atoms with Crippen molar-refractivity contribution in [1.29, 1.82) is 0 Å². The highest BCUT2D eigenvalue weighted by Gasteiger charge is 1.87. The molecule has 0 aromatic rings. The lowest BCUT2D eigenvalue weighted by atomic mass is 10.8. The molecule has 0 N–H and O–H groups in total. The van der Waals surface area contributed by atoms with Crippen LogP contribution in [0, 0.1) is 0 Å². The first-order valence-electron chi connectivity index (χ1n) is 0.655. The summed E-state index contributed by atoms with van der Waals surface area (Å²) in [6, 6.07) is 0. The average Bonchev–Trinajstić information content (AvgIpc) is 0.811. The quantitative estimate of drug-likeness (QED) is 0.599. The molecule has 0 rings (SSSR count). The van der Waals surface area contributed by atoms with E-state index in [9.17, 15) is 0 Å². The Bertz CT molecular complexity index is 8.36. The molecule has 0 amide bonds. The normalized spacial score (nSPS) is 5.40. The van der Waals surface area contributed by atoms with Crippen LogP contribution in [0.4, 0.5) is 0 Å². The van der Waals surface area contributed by atoms with Crippen LogP contribution in [0.5, 0.6) is 0 Å². The van der Waals surface area contributed by atoms with E-state index in [0.717, 1.165) is 0 Å². The summed E-state index contributed by atoms with van der Waals surface area (Å²) in [5.74, 6) is 0. The van der Waals surface area contributed by atoms with Gasteiger partial charge < -0.3 is 0 Å². The lowest BCUT2D eigenvalue weighted by Gasteiger charge is -1.63. The second-order valence-electron chi connectivity index (χ2n) is 0.247. The highest BCUT2D eigenvalue weighted by Crippen LogP contribution is 2.07. The maximum Gasteiger partial charge on any atom is 0.369 e. The third-order valence-electron chi connectivity index (χ3n) is 0.